The van der Waals surface area contributed by atoms with Crippen molar-refractivity contribution in [3.63, 3.8) is 0 Å². The van der Waals surface area contributed by atoms with Gasteiger partial charge in [0.25, 0.3) is 0 Å². The number of anilines is 8. The third-order valence-electron chi connectivity index (χ3n) is 17.3. The van der Waals surface area contributed by atoms with Crippen LogP contribution in [-0.2, 0) is 24.7 Å². The van der Waals surface area contributed by atoms with Gasteiger partial charge in [-0.2, -0.15) is 0 Å². The van der Waals surface area contributed by atoms with Gasteiger partial charge in [0, 0.05) is 56.5 Å². The number of aryl methyl sites for hydroxylation is 3. The molecule has 0 radical (unpaired) electrons. The summed E-state index contributed by atoms with van der Waals surface area (Å²) in [7, 11) is 0. The van der Waals surface area contributed by atoms with Crippen molar-refractivity contribution >= 4 is 63.3 Å². The Morgan fingerprint density at radius 3 is 1.53 bits per heavy atom. The molecule has 0 bridgehead atoms. The number of hydrogen-bond acceptors (Lipinski definition) is 3. The van der Waals surface area contributed by atoms with E-state index >= 15 is 0 Å². The lowest BCUT2D eigenvalue weighted by Gasteiger charge is -2.46. The molecule has 4 heteroatoms. The van der Waals surface area contributed by atoms with Crippen LogP contribution in [0.4, 0.5) is 45.5 Å². The minimum atomic E-state index is -0.199. The molecule has 1 aliphatic carbocycles. The Hall–Kier alpha value is -8.34. The van der Waals surface area contributed by atoms with Crippen LogP contribution in [0.25, 0.3) is 44.5 Å². The summed E-state index contributed by atoms with van der Waals surface area (Å²) >= 11 is 0. The van der Waals surface area contributed by atoms with Crippen LogP contribution in [-0.4, -0.2) is 6.85 Å². The number of rotatable bonds is 16. The van der Waals surface area contributed by atoms with Crippen molar-refractivity contribution in [3.05, 3.63) is 252 Å². The second kappa shape index (κ2) is 21.1. The van der Waals surface area contributed by atoms with Crippen LogP contribution in [0.3, 0.4) is 0 Å². The van der Waals surface area contributed by atoms with Crippen molar-refractivity contribution in [3.8, 4) is 44.5 Å². The monoisotopic (exact) mass is 1020 g/mol. The van der Waals surface area contributed by atoms with Gasteiger partial charge in [0.2, 0.25) is 0 Å². The highest BCUT2D eigenvalue weighted by Gasteiger charge is 2.47. The van der Waals surface area contributed by atoms with E-state index in [4.69, 9.17) is 0 Å². The van der Waals surface area contributed by atoms with Gasteiger partial charge < -0.3 is 14.6 Å². The SMILES string of the molecule is CCCCc1ccc(N2B3c4cc(CCCC)ccc4N(c4ccc(CCCC)cc4)c4cc(N(c5cccc(-c6ccccc6)c5)c5cccc(-c6ccccc6)c5)cc(c43)-c3cc4c(cc32)-c2ccccc2C4(C)C)cc1. The summed E-state index contributed by atoms with van der Waals surface area (Å²) in [6.45, 7) is 11.6. The Bertz CT molecular complexity index is 3760. The van der Waals surface area contributed by atoms with E-state index in [-0.39, 0.29) is 12.3 Å². The highest BCUT2D eigenvalue weighted by atomic mass is 15.2. The van der Waals surface area contributed by atoms with Crippen LogP contribution < -0.4 is 25.5 Å². The van der Waals surface area contributed by atoms with Crippen molar-refractivity contribution in [1.29, 1.82) is 0 Å². The molecule has 0 saturated carbocycles. The minimum Gasteiger partial charge on any atom is -0.376 e. The third-order valence-corrected chi connectivity index (χ3v) is 17.3. The summed E-state index contributed by atoms with van der Waals surface area (Å²) < 4.78 is 0. The highest BCUT2D eigenvalue weighted by Crippen LogP contribution is 2.56. The van der Waals surface area contributed by atoms with Gasteiger partial charge in [-0.05, 0) is 195 Å². The fraction of sp³-hybridized carbons (Fsp3) is 0.200. The Balaban J connectivity index is 1.13. The molecular weight excluding hydrogens is 954 g/mol. The number of unbranched alkanes of at least 4 members (excludes halogenated alkanes) is 3. The minimum absolute atomic E-state index is 0.122. The molecule has 0 unspecified atom stereocenters. The molecule has 0 amide bonds. The molecule has 0 fully saturated rings. The maximum Gasteiger partial charge on any atom is 0.333 e. The number of fused-ring (bicyclic) bond motifs is 7. The highest BCUT2D eigenvalue weighted by molar-refractivity contribution is 6.93. The van der Waals surface area contributed by atoms with Crippen molar-refractivity contribution < 1.29 is 0 Å². The van der Waals surface area contributed by atoms with Crippen molar-refractivity contribution in [2.75, 3.05) is 14.6 Å². The standard InChI is InChI=1S/C75H70BN3/c1-6-9-22-52-35-40-59(41-36-52)78-71-44-39-54(24-11-8-3)45-70(71)76-74-67(66-50-69-65(64-33-18-19-34-68(64)75(69,4)5)51-72(66)79(76)60-42-37-53(38-43-60)23-10-7-2)48-63(49-73(74)78)77(61-31-20-29-57(46-61)55-25-14-12-15-26-55)62-32-21-30-58(47-62)56-27-16-13-17-28-56/h12-21,25-51H,6-11,22-24H2,1-5H3. The quantitative estimate of drug-likeness (QED) is 0.0893. The maximum absolute atomic E-state index is 2.73. The second-order valence-corrected chi connectivity index (χ2v) is 22.8. The molecule has 3 aliphatic rings. The molecule has 10 aromatic carbocycles. The molecule has 388 valence electrons. The van der Waals surface area contributed by atoms with Gasteiger partial charge in [-0.3, -0.25) is 0 Å². The van der Waals surface area contributed by atoms with Gasteiger partial charge >= 0.3 is 6.85 Å². The molecule has 0 N–H and O–H groups in total. The van der Waals surface area contributed by atoms with Crippen molar-refractivity contribution in [2.24, 2.45) is 0 Å². The predicted molar refractivity (Wildman–Crippen MR) is 339 cm³/mol. The molecule has 0 saturated heterocycles. The molecule has 0 aromatic heterocycles. The van der Waals surface area contributed by atoms with Crippen LogP contribution in [0.2, 0.25) is 0 Å². The summed E-state index contributed by atoms with van der Waals surface area (Å²) in [6, 6.07) is 86.0. The smallest absolute Gasteiger partial charge is 0.333 e. The largest absolute Gasteiger partial charge is 0.376 e. The third kappa shape index (κ3) is 9.06. The average Bonchev–Trinajstić information content (AvgIpc) is 3.82. The summed E-state index contributed by atoms with van der Waals surface area (Å²) in [4.78, 5) is 7.87. The molecule has 2 aliphatic heterocycles. The van der Waals surface area contributed by atoms with E-state index in [9.17, 15) is 0 Å². The molecule has 0 spiro atoms. The Morgan fingerprint density at radius 2 is 0.924 bits per heavy atom. The van der Waals surface area contributed by atoms with Crippen LogP contribution in [0.1, 0.15) is 101 Å². The normalized spacial score (nSPS) is 13.4. The van der Waals surface area contributed by atoms with Gasteiger partial charge in [-0.1, -0.05) is 199 Å². The van der Waals surface area contributed by atoms with Crippen LogP contribution >= 0.6 is 0 Å². The molecule has 13 rings (SSSR count). The first kappa shape index (κ1) is 50.2. The van der Waals surface area contributed by atoms with Crippen molar-refractivity contribution in [2.45, 2.75) is 97.8 Å². The van der Waals surface area contributed by atoms with E-state index < -0.39 is 0 Å². The summed E-state index contributed by atoms with van der Waals surface area (Å²) in [5.74, 6) is 0. The molecular formula is C75H70BN3. The van der Waals surface area contributed by atoms with Crippen molar-refractivity contribution in [1.82, 2.24) is 0 Å². The lowest BCUT2D eigenvalue weighted by atomic mass is 9.43. The van der Waals surface area contributed by atoms with E-state index in [2.05, 4.69) is 274 Å². The molecule has 2 heterocycles. The van der Waals surface area contributed by atoms with E-state index in [1.54, 1.807) is 0 Å². The van der Waals surface area contributed by atoms with E-state index in [1.165, 1.54) is 137 Å². The molecule has 3 nitrogen and oxygen atoms in total. The van der Waals surface area contributed by atoms with Crippen LogP contribution in [0.15, 0.2) is 224 Å². The lowest BCUT2D eigenvalue weighted by Crippen LogP contribution is -2.61. The first-order valence-electron chi connectivity index (χ1n) is 29.3. The lowest BCUT2D eigenvalue weighted by molar-refractivity contribution is 0.660. The second-order valence-electron chi connectivity index (χ2n) is 22.8. The van der Waals surface area contributed by atoms with Gasteiger partial charge in [-0.25, -0.2) is 0 Å². The van der Waals surface area contributed by atoms with E-state index in [1.807, 2.05) is 0 Å². The van der Waals surface area contributed by atoms with Gasteiger partial charge in [-0.15, -0.1) is 0 Å². The fourth-order valence-corrected chi connectivity index (χ4v) is 13.2. The topological polar surface area (TPSA) is 9.72 Å². The Labute approximate surface area is 470 Å². The number of nitrogens with zero attached hydrogens (tertiary/aromatic N) is 3. The zero-order chi connectivity index (χ0) is 53.6. The Morgan fingerprint density at radius 1 is 0.380 bits per heavy atom. The van der Waals surface area contributed by atoms with Crippen LogP contribution in [0.5, 0.6) is 0 Å². The molecule has 79 heavy (non-hydrogen) atoms. The fourth-order valence-electron chi connectivity index (χ4n) is 13.2. The number of hydrogen-bond donors (Lipinski definition) is 0. The van der Waals surface area contributed by atoms with Gasteiger partial charge in [0.15, 0.2) is 0 Å². The van der Waals surface area contributed by atoms with E-state index in [0.29, 0.717) is 0 Å². The van der Waals surface area contributed by atoms with E-state index in [0.717, 1.165) is 49.2 Å². The van der Waals surface area contributed by atoms with Crippen LogP contribution in [0, 0.1) is 0 Å². The zero-order valence-electron chi connectivity index (χ0n) is 46.6. The predicted octanol–water partition coefficient (Wildman–Crippen LogP) is 19.5. The summed E-state index contributed by atoms with van der Waals surface area (Å²) in [6.07, 6.45) is 10.2. The zero-order valence-corrected chi connectivity index (χ0v) is 46.6. The Kier molecular flexibility index (Phi) is 13.4. The molecule has 0 atom stereocenters. The summed E-state index contributed by atoms with van der Waals surface area (Å²) in [5, 5.41) is 0. The maximum atomic E-state index is 2.73. The summed E-state index contributed by atoms with van der Waals surface area (Å²) in [5.41, 5.74) is 28.7. The first-order valence-corrected chi connectivity index (χ1v) is 29.3. The van der Waals surface area contributed by atoms with Gasteiger partial charge in [0.1, 0.15) is 0 Å². The average molecular weight is 1020 g/mol. The molecule has 10 aromatic rings. The van der Waals surface area contributed by atoms with Gasteiger partial charge in [0.05, 0.1) is 0 Å². The first-order chi connectivity index (χ1) is 38.8. The number of benzene rings is 10.